The lowest BCUT2D eigenvalue weighted by Crippen LogP contribution is -2.56. The fraction of sp³-hybridized carbons (Fsp3) is 0.480. The van der Waals surface area contributed by atoms with Crippen molar-refractivity contribution in [3.05, 3.63) is 65.7 Å². The molecular weight excluding hydrogens is 362 g/mol. The Hall–Kier alpha value is -2.33. The molecule has 4 rings (SSSR count). The summed E-state index contributed by atoms with van der Waals surface area (Å²) in [5, 5.41) is 11.4. The largest absolute Gasteiger partial charge is 0.497 e. The number of benzene rings is 2. The maximum Gasteiger partial charge on any atom is 0.223 e. The number of rotatable bonds is 5. The Morgan fingerprint density at radius 1 is 1.10 bits per heavy atom. The number of aliphatic hydroxyl groups is 1. The van der Waals surface area contributed by atoms with Crippen molar-refractivity contribution in [2.24, 2.45) is 5.92 Å². The summed E-state index contributed by atoms with van der Waals surface area (Å²) in [6.07, 6.45) is 5.94. The van der Waals surface area contributed by atoms with E-state index in [1.54, 1.807) is 7.11 Å². The van der Waals surface area contributed by atoms with Crippen LogP contribution in [0, 0.1) is 5.92 Å². The monoisotopic (exact) mass is 393 g/mol. The van der Waals surface area contributed by atoms with Crippen molar-refractivity contribution in [2.45, 2.75) is 56.6 Å². The van der Waals surface area contributed by atoms with E-state index in [2.05, 4.69) is 24.3 Å². The van der Waals surface area contributed by atoms with E-state index in [-0.39, 0.29) is 17.9 Å². The van der Waals surface area contributed by atoms with Crippen molar-refractivity contribution in [1.82, 2.24) is 4.90 Å². The molecule has 1 heterocycles. The van der Waals surface area contributed by atoms with E-state index in [0.717, 1.165) is 43.4 Å². The van der Waals surface area contributed by atoms with E-state index in [0.29, 0.717) is 19.4 Å². The molecule has 2 aliphatic rings. The van der Waals surface area contributed by atoms with Gasteiger partial charge in [-0.25, -0.2) is 0 Å². The zero-order valence-electron chi connectivity index (χ0n) is 17.2. The molecule has 29 heavy (non-hydrogen) atoms. The molecule has 0 spiro atoms. The molecule has 2 fully saturated rings. The van der Waals surface area contributed by atoms with Crippen molar-refractivity contribution in [1.29, 1.82) is 0 Å². The molecule has 1 aliphatic heterocycles. The Bertz CT molecular complexity index is 820. The summed E-state index contributed by atoms with van der Waals surface area (Å²) in [6, 6.07) is 18.1. The molecule has 1 N–H and O–H groups in total. The average molecular weight is 394 g/mol. The van der Waals surface area contributed by atoms with Crippen LogP contribution in [0.2, 0.25) is 0 Å². The molecule has 3 atom stereocenters. The Morgan fingerprint density at radius 3 is 2.59 bits per heavy atom. The highest BCUT2D eigenvalue weighted by Crippen LogP contribution is 2.49. The first-order valence-corrected chi connectivity index (χ1v) is 10.8. The number of ether oxygens (including phenoxy) is 1. The van der Waals surface area contributed by atoms with Gasteiger partial charge in [0, 0.05) is 18.9 Å². The summed E-state index contributed by atoms with van der Waals surface area (Å²) in [5.74, 6) is 1.09. The molecule has 1 saturated heterocycles. The minimum Gasteiger partial charge on any atom is -0.497 e. The first kappa shape index (κ1) is 20.0. The standard InChI is InChI=1S/C25H31NO3/c1-29-21-13-11-20(12-14-21)24-22-9-5-6-16-25(22,28)17-18-26(24)23(27)15-10-19-7-3-2-4-8-19/h2-4,7-8,11-14,22,24,28H,5-6,9-10,15-18H2,1H3/t22-,24+,25+/m0/s1. The van der Waals surface area contributed by atoms with Crippen LogP contribution >= 0.6 is 0 Å². The number of hydrogen-bond donors (Lipinski definition) is 1. The number of amides is 1. The highest BCUT2D eigenvalue weighted by atomic mass is 16.5. The van der Waals surface area contributed by atoms with Gasteiger partial charge in [0.15, 0.2) is 0 Å². The summed E-state index contributed by atoms with van der Waals surface area (Å²) < 4.78 is 5.31. The molecular formula is C25H31NO3. The van der Waals surface area contributed by atoms with Crippen LogP contribution in [-0.4, -0.2) is 35.2 Å². The number of hydrogen-bond acceptors (Lipinski definition) is 3. The second-order valence-electron chi connectivity index (χ2n) is 8.50. The highest BCUT2D eigenvalue weighted by Gasteiger charge is 2.49. The van der Waals surface area contributed by atoms with Gasteiger partial charge in [-0.15, -0.1) is 0 Å². The number of piperidine rings is 1. The fourth-order valence-electron chi connectivity index (χ4n) is 5.21. The van der Waals surface area contributed by atoms with Crippen molar-refractivity contribution < 1.29 is 14.6 Å². The Labute approximate surface area is 173 Å². The molecule has 2 aromatic rings. The first-order chi connectivity index (χ1) is 14.1. The first-order valence-electron chi connectivity index (χ1n) is 10.8. The predicted molar refractivity (Wildman–Crippen MR) is 114 cm³/mol. The smallest absolute Gasteiger partial charge is 0.223 e. The molecule has 4 nitrogen and oxygen atoms in total. The molecule has 1 saturated carbocycles. The van der Waals surface area contributed by atoms with Crippen molar-refractivity contribution in [3.63, 3.8) is 0 Å². The van der Waals surface area contributed by atoms with Gasteiger partial charge >= 0.3 is 0 Å². The van der Waals surface area contributed by atoms with Crippen molar-refractivity contribution in [3.8, 4) is 5.75 Å². The number of nitrogens with zero attached hydrogens (tertiary/aromatic N) is 1. The number of likely N-dealkylation sites (tertiary alicyclic amines) is 1. The number of carbonyl (C=O) groups excluding carboxylic acids is 1. The van der Waals surface area contributed by atoms with Gasteiger partial charge in [-0.05, 0) is 48.9 Å². The lowest BCUT2D eigenvalue weighted by molar-refractivity contribution is -0.155. The molecule has 0 unspecified atom stereocenters. The Kier molecular flexibility index (Phi) is 5.91. The zero-order chi connectivity index (χ0) is 20.3. The molecule has 0 aromatic heterocycles. The van der Waals surface area contributed by atoms with Crippen LogP contribution < -0.4 is 4.74 Å². The minimum absolute atomic E-state index is 0.0665. The van der Waals surface area contributed by atoms with E-state index < -0.39 is 5.60 Å². The van der Waals surface area contributed by atoms with Crippen LogP contribution in [0.3, 0.4) is 0 Å². The second-order valence-corrected chi connectivity index (χ2v) is 8.50. The van der Waals surface area contributed by atoms with E-state index in [1.165, 1.54) is 5.56 Å². The fourth-order valence-corrected chi connectivity index (χ4v) is 5.21. The third kappa shape index (κ3) is 4.18. The van der Waals surface area contributed by atoms with E-state index in [4.69, 9.17) is 4.74 Å². The average Bonchev–Trinajstić information content (AvgIpc) is 2.77. The van der Waals surface area contributed by atoms with Gasteiger partial charge in [-0.2, -0.15) is 0 Å². The van der Waals surface area contributed by atoms with E-state index >= 15 is 0 Å². The molecule has 1 aliphatic carbocycles. The summed E-state index contributed by atoms with van der Waals surface area (Å²) in [4.78, 5) is 15.3. The van der Waals surface area contributed by atoms with E-state index in [9.17, 15) is 9.90 Å². The molecule has 0 bridgehead atoms. The number of carbonyl (C=O) groups is 1. The molecule has 2 aromatic carbocycles. The molecule has 4 heteroatoms. The molecule has 0 radical (unpaired) electrons. The van der Waals surface area contributed by atoms with Gasteiger partial charge in [-0.1, -0.05) is 55.3 Å². The van der Waals surface area contributed by atoms with Gasteiger partial charge in [0.2, 0.25) is 5.91 Å². The van der Waals surface area contributed by atoms with Crippen LogP contribution in [-0.2, 0) is 11.2 Å². The van der Waals surface area contributed by atoms with Crippen LogP contribution in [0.5, 0.6) is 5.75 Å². The topological polar surface area (TPSA) is 49.8 Å². The van der Waals surface area contributed by atoms with Gasteiger partial charge in [0.25, 0.3) is 0 Å². The zero-order valence-corrected chi connectivity index (χ0v) is 17.2. The summed E-state index contributed by atoms with van der Waals surface area (Å²) in [5.41, 5.74) is 1.64. The van der Waals surface area contributed by atoms with Crippen LogP contribution in [0.15, 0.2) is 54.6 Å². The normalized spacial score (nSPS) is 26.6. The van der Waals surface area contributed by atoms with Crippen molar-refractivity contribution >= 4 is 5.91 Å². The van der Waals surface area contributed by atoms with Crippen molar-refractivity contribution in [2.75, 3.05) is 13.7 Å². The summed E-state index contributed by atoms with van der Waals surface area (Å²) in [7, 11) is 1.66. The highest BCUT2D eigenvalue weighted by molar-refractivity contribution is 5.77. The summed E-state index contributed by atoms with van der Waals surface area (Å²) in [6.45, 7) is 0.622. The lowest BCUT2D eigenvalue weighted by atomic mass is 9.66. The van der Waals surface area contributed by atoms with Gasteiger partial charge < -0.3 is 14.7 Å². The Balaban J connectivity index is 1.59. The third-order valence-electron chi connectivity index (χ3n) is 6.82. The van der Waals surface area contributed by atoms with E-state index in [1.807, 2.05) is 35.2 Å². The maximum atomic E-state index is 13.3. The Morgan fingerprint density at radius 2 is 1.86 bits per heavy atom. The second kappa shape index (κ2) is 8.58. The summed E-state index contributed by atoms with van der Waals surface area (Å²) >= 11 is 0. The van der Waals surface area contributed by atoms with Crippen LogP contribution in [0.1, 0.15) is 55.7 Å². The lowest BCUT2D eigenvalue weighted by Gasteiger charge is -2.52. The quantitative estimate of drug-likeness (QED) is 0.812. The SMILES string of the molecule is COc1ccc([C@@H]2[C@@H]3CCCC[C@@]3(O)CCN2C(=O)CCc2ccccc2)cc1. The molecule has 1 amide bonds. The molecule has 154 valence electrons. The number of aryl methyl sites for hydroxylation is 1. The minimum atomic E-state index is -0.654. The number of fused-ring (bicyclic) bond motifs is 1. The van der Waals surface area contributed by atoms with Gasteiger partial charge in [0.1, 0.15) is 5.75 Å². The van der Waals surface area contributed by atoms with Gasteiger partial charge in [-0.3, -0.25) is 4.79 Å². The predicted octanol–water partition coefficient (Wildman–Crippen LogP) is 4.52. The van der Waals surface area contributed by atoms with Crippen LogP contribution in [0.4, 0.5) is 0 Å². The van der Waals surface area contributed by atoms with Crippen LogP contribution in [0.25, 0.3) is 0 Å². The number of methoxy groups -OCH3 is 1. The third-order valence-corrected chi connectivity index (χ3v) is 6.82. The van der Waals surface area contributed by atoms with Gasteiger partial charge in [0.05, 0.1) is 18.8 Å². The maximum absolute atomic E-state index is 13.3.